The number of hydrogen-bond acceptors (Lipinski definition) is 3. The zero-order chi connectivity index (χ0) is 9.84. The van der Waals surface area contributed by atoms with Gasteiger partial charge in [0.25, 0.3) is 0 Å². The van der Waals surface area contributed by atoms with Gasteiger partial charge in [-0.05, 0) is 25.3 Å². The summed E-state index contributed by atoms with van der Waals surface area (Å²) in [5.41, 5.74) is 1.72. The van der Waals surface area contributed by atoms with E-state index in [4.69, 9.17) is 0 Å². The van der Waals surface area contributed by atoms with Crippen LogP contribution in [0.4, 0.5) is 0 Å². The molecule has 0 fully saturated rings. The summed E-state index contributed by atoms with van der Waals surface area (Å²) < 4.78 is 4.68. The lowest BCUT2D eigenvalue weighted by atomic mass is 10.1. The summed E-state index contributed by atoms with van der Waals surface area (Å²) in [6.45, 7) is 1.95. The Hall–Kier alpha value is -0.960. The third-order valence-corrected chi connectivity index (χ3v) is 2.56. The molecule has 0 saturated heterocycles. The smallest absolute Gasteiger partial charge is 0.339 e. The molecule has 0 unspecified atom stereocenters. The quantitative estimate of drug-likeness (QED) is 0.537. The zero-order valence-electron chi connectivity index (χ0n) is 7.96. The average Bonchev–Trinajstić information content (AvgIpc) is 2.16. The second-order valence-electron chi connectivity index (χ2n) is 2.70. The van der Waals surface area contributed by atoms with E-state index in [9.17, 15) is 4.79 Å². The average molecular weight is 196 g/mol. The van der Waals surface area contributed by atoms with E-state index in [1.54, 1.807) is 11.8 Å². The largest absolute Gasteiger partial charge is 0.465 e. The number of carbonyl (C=O) groups is 1. The predicted octanol–water partition coefficient (Wildman–Crippen LogP) is 2.50. The Labute approximate surface area is 82.3 Å². The van der Waals surface area contributed by atoms with E-state index in [1.807, 2.05) is 31.4 Å². The summed E-state index contributed by atoms with van der Waals surface area (Å²) in [6, 6.07) is 5.77. The molecule has 0 bridgehead atoms. The minimum absolute atomic E-state index is 0.270. The molecule has 0 atom stereocenters. The highest BCUT2D eigenvalue weighted by Crippen LogP contribution is 2.21. The van der Waals surface area contributed by atoms with Crippen LogP contribution < -0.4 is 0 Å². The summed E-state index contributed by atoms with van der Waals surface area (Å²) in [7, 11) is 1.40. The molecule has 0 aromatic heterocycles. The highest BCUT2D eigenvalue weighted by Gasteiger charge is 2.10. The summed E-state index contributed by atoms with van der Waals surface area (Å²) in [6.07, 6.45) is 1.94. The summed E-state index contributed by atoms with van der Waals surface area (Å²) in [5.74, 6) is -0.270. The number of ether oxygens (including phenoxy) is 1. The molecule has 70 valence electrons. The highest BCUT2D eigenvalue weighted by molar-refractivity contribution is 7.98. The Bertz CT molecular complexity index is 321. The van der Waals surface area contributed by atoms with Gasteiger partial charge in [-0.25, -0.2) is 4.79 Å². The molecular weight excluding hydrogens is 184 g/mol. The topological polar surface area (TPSA) is 26.3 Å². The van der Waals surface area contributed by atoms with Crippen molar-refractivity contribution >= 4 is 17.7 Å². The maximum atomic E-state index is 11.3. The van der Waals surface area contributed by atoms with Crippen LogP contribution in [0, 0.1) is 6.92 Å². The van der Waals surface area contributed by atoms with Gasteiger partial charge in [0.2, 0.25) is 0 Å². The molecule has 1 aromatic carbocycles. The third-order valence-electron chi connectivity index (χ3n) is 1.76. The van der Waals surface area contributed by atoms with E-state index in [1.165, 1.54) is 7.11 Å². The van der Waals surface area contributed by atoms with E-state index in [2.05, 4.69) is 4.74 Å². The van der Waals surface area contributed by atoms with Crippen LogP contribution in [0.25, 0.3) is 0 Å². The molecule has 0 amide bonds. The van der Waals surface area contributed by atoms with Crippen molar-refractivity contribution in [1.82, 2.24) is 0 Å². The maximum absolute atomic E-state index is 11.3. The molecule has 13 heavy (non-hydrogen) atoms. The second kappa shape index (κ2) is 4.33. The molecule has 0 N–H and O–H groups in total. The van der Waals surface area contributed by atoms with E-state index in [0.717, 1.165) is 10.5 Å². The lowest BCUT2D eigenvalue weighted by molar-refractivity contribution is 0.0596. The van der Waals surface area contributed by atoms with Gasteiger partial charge in [-0.15, -0.1) is 11.8 Å². The Morgan fingerprint density at radius 1 is 1.46 bits per heavy atom. The number of benzene rings is 1. The first kappa shape index (κ1) is 10.1. The number of hydrogen-bond donors (Lipinski definition) is 0. The number of thioether (sulfide) groups is 1. The first-order chi connectivity index (χ1) is 6.19. The molecule has 0 saturated carbocycles. The van der Waals surface area contributed by atoms with E-state index < -0.39 is 0 Å². The van der Waals surface area contributed by atoms with Crippen LogP contribution in [0.1, 0.15) is 15.9 Å². The van der Waals surface area contributed by atoms with Gasteiger partial charge in [0.05, 0.1) is 12.7 Å². The van der Waals surface area contributed by atoms with Crippen molar-refractivity contribution in [3.05, 3.63) is 29.3 Å². The van der Waals surface area contributed by atoms with Crippen LogP contribution in [-0.2, 0) is 4.74 Å². The maximum Gasteiger partial charge on any atom is 0.339 e. The lowest BCUT2D eigenvalue weighted by Crippen LogP contribution is -2.03. The summed E-state index contributed by atoms with van der Waals surface area (Å²) in [5, 5.41) is 0. The predicted molar refractivity (Wildman–Crippen MR) is 54.3 cm³/mol. The molecule has 0 aliphatic rings. The van der Waals surface area contributed by atoms with Gasteiger partial charge in [-0.1, -0.05) is 11.6 Å². The fourth-order valence-corrected chi connectivity index (χ4v) is 1.66. The third kappa shape index (κ3) is 2.25. The number of carbonyl (C=O) groups excluding carboxylic acids is 1. The molecule has 2 nitrogen and oxygen atoms in total. The number of aryl methyl sites for hydroxylation is 1. The van der Waals surface area contributed by atoms with Crippen molar-refractivity contribution in [2.75, 3.05) is 13.4 Å². The molecule has 0 aliphatic heterocycles. The van der Waals surface area contributed by atoms with Crippen molar-refractivity contribution < 1.29 is 9.53 Å². The molecule has 0 aliphatic carbocycles. The second-order valence-corrected chi connectivity index (χ2v) is 3.54. The minimum Gasteiger partial charge on any atom is -0.465 e. The van der Waals surface area contributed by atoms with Crippen molar-refractivity contribution in [3.8, 4) is 0 Å². The van der Waals surface area contributed by atoms with Crippen LogP contribution in [0.5, 0.6) is 0 Å². The van der Waals surface area contributed by atoms with Crippen LogP contribution in [0.15, 0.2) is 23.1 Å². The van der Waals surface area contributed by atoms with Crippen molar-refractivity contribution in [1.29, 1.82) is 0 Å². The fourth-order valence-electron chi connectivity index (χ4n) is 1.09. The highest BCUT2D eigenvalue weighted by atomic mass is 32.2. The lowest BCUT2D eigenvalue weighted by Gasteiger charge is -2.05. The molecule has 3 heteroatoms. The van der Waals surface area contributed by atoms with Crippen LogP contribution in [0.3, 0.4) is 0 Å². The minimum atomic E-state index is -0.270. The fraction of sp³-hybridized carbons (Fsp3) is 0.300. The van der Waals surface area contributed by atoms with E-state index in [-0.39, 0.29) is 5.97 Å². The zero-order valence-corrected chi connectivity index (χ0v) is 8.77. The van der Waals surface area contributed by atoms with Crippen LogP contribution >= 0.6 is 11.8 Å². The Balaban J connectivity index is 3.15. The van der Waals surface area contributed by atoms with E-state index in [0.29, 0.717) is 5.56 Å². The Morgan fingerprint density at radius 2 is 2.15 bits per heavy atom. The van der Waals surface area contributed by atoms with Crippen molar-refractivity contribution in [2.45, 2.75) is 11.8 Å². The van der Waals surface area contributed by atoms with Gasteiger partial charge < -0.3 is 4.74 Å². The van der Waals surface area contributed by atoms with Crippen molar-refractivity contribution in [3.63, 3.8) is 0 Å². The van der Waals surface area contributed by atoms with Gasteiger partial charge >= 0.3 is 5.97 Å². The van der Waals surface area contributed by atoms with Crippen molar-refractivity contribution in [2.24, 2.45) is 0 Å². The number of rotatable bonds is 2. The standard InChI is InChI=1S/C10H12O2S/c1-7-4-5-9(13-3)8(6-7)10(11)12-2/h4-6H,1-3H3. The first-order valence-electron chi connectivity index (χ1n) is 3.92. The normalized spacial score (nSPS) is 9.77. The molecular formula is C10H12O2S. The molecule has 0 spiro atoms. The molecule has 0 radical (unpaired) electrons. The number of methoxy groups -OCH3 is 1. The number of esters is 1. The van der Waals surface area contributed by atoms with Gasteiger partial charge in [-0.2, -0.15) is 0 Å². The van der Waals surface area contributed by atoms with Crippen LogP contribution in [-0.4, -0.2) is 19.3 Å². The first-order valence-corrected chi connectivity index (χ1v) is 5.14. The molecule has 1 aromatic rings. The Kier molecular flexibility index (Phi) is 3.37. The van der Waals surface area contributed by atoms with Gasteiger partial charge in [-0.3, -0.25) is 0 Å². The van der Waals surface area contributed by atoms with Gasteiger partial charge in [0.15, 0.2) is 0 Å². The molecule has 1 rings (SSSR count). The van der Waals surface area contributed by atoms with Gasteiger partial charge in [0, 0.05) is 4.90 Å². The monoisotopic (exact) mass is 196 g/mol. The van der Waals surface area contributed by atoms with Gasteiger partial charge in [0.1, 0.15) is 0 Å². The van der Waals surface area contributed by atoms with Crippen LogP contribution in [0.2, 0.25) is 0 Å². The summed E-state index contributed by atoms with van der Waals surface area (Å²) in [4.78, 5) is 12.3. The SMILES string of the molecule is COC(=O)c1cc(C)ccc1SC. The summed E-state index contributed by atoms with van der Waals surface area (Å²) >= 11 is 1.55. The Morgan fingerprint density at radius 3 is 2.69 bits per heavy atom. The molecule has 0 heterocycles. The van der Waals surface area contributed by atoms with E-state index >= 15 is 0 Å².